The van der Waals surface area contributed by atoms with Crippen molar-refractivity contribution in [1.29, 1.82) is 0 Å². The molecule has 1 amide bonds. The smallest absolute Gasteiger partial charge is 0.239 e. The summed E-state index contributed by atoms with van der Waals surface area (Å²) in [6.45, 7) is 7.59. The molecule has 1 aromatic rings. The molecule has 7 nitrogen and oxygen atoms in total. The van der Waals surface area contributed by atoms with Crippen LogP contribution in [0.1, 0.15) is 34.8 Å². The number of amides is 1. The van der Waals surface area contributed by atoms with Crippen molar-refractivity contribution in [3.63, 3.8) is 0 Å². The number of likely N-dealkylation sites (tertiary alicyclic amines) is 1. The minimum atomic E-state index is 0. The Bertz CT molecular complexity index is 614. The number of hydrogen-bond acceptors (Lipinski definition) is 5. The molecule has 0 spiro atoms. The van der Waals surface area contributed by atoms with Gasteiger partial charge >= 0.3 is 0 Å². The van der Waals surface area contributed by atoms with Gasteiger partial charge in [0.25, 0.3) is 0 Å². The molecule has 0 aromatic carbocycles. The molecule has 1 unspecified atom stereocenters. The number of rotatable bonds is 7. The molecule has 9 heteroatoms. The number of hydrogen-bond donors (Lipinski definition) is 2. The molecule has 154 valence electrons. The maximum absolute atomic E-state index is 12.2. The van der Waals surface area contributed by atoms with E-state index >= 15 is 0 Å². The van der Waals surface area contributed by atoms with Crippen LogP contribution in [0.25, 0.3) is 0 Å². The van der Waals surface area contributed by atoms with Gasteiger partial charge in [0.05, 0.1) is 18.3 Å². The maximum Gasteiger partial charge on any atom is 0.239 e. The molecule has 2 N–H and O–H groups in total. The van der Waals surface area contributed by atoms with Crippen LogP contribution in [0.3, 0.4) is 0 Å². The first-order chi connectivity index (χ1) is 12.4. The van der Waals surface area contributed by atoms with Gasteiger partial charge in [-0.3, -0.25) is 14.7 Å². The van der Waals surface area contributed by atoms with E-state index in [9.17, 15) is 4.79 Å². The van der Waals surface area contributed by atoms with Crippen LogP contribution in [-0.2, 0) is 11.3 Å². The molecule has 0 saturated carbocycles. The molecule has 27 heavy (non-hydrogen) atoms. The number of aryl methyl sites for hydroxylation is 2. The van der Waals surface area contributed by atoms with Gasteiger partial charge in [-0.2, -0.15) is 0 Å². The first-order valence-electron chi connectivity index (χ1n) is 9.25. The van der Waals surface area contributed by atoms with Crippen LogP contribution in [0.4, 0.5) is 0 Å². The van der Waals surface area contributed by atoms with Gasteiger partial charge < -0.3 is 15.5 Å². The summed E-state index contributed by atoms with van der Waals surface area (Å²) < 4.78 is 0. The van der Waals surface area contributed by atoms with E-state index in [1.165, 1.54) is 4.88 Å². The van der Waals surface area contributed by atoms with Crippen LogP contribution < -0.4 is 10.6 Å². The summed E-state index contributed by atoms with van der Waals surface area (Å²) in [7, 11) is 5.45. The van der Waals surface area contributed by atoms with E-state index in [-0.39, 0.29) is 35.9 Å². The molecular weight excluding hydrogens is 475 g/mol. The average Bonchev–Trinajstić information content (AvgIpc) is 3.20. The summed E-state index contributed by atoms with van der Waals surface area (Å²) in [5, 5.41) is 7.73. The van der Waals surface area contributed by atoms with E-state index < -0.39 is 0 Å². The lowest BCUT2D eigenvalue weighted by atomic mass is 10.2. The van der Waals surface area contributed by atoms with Gasteiger partial charge in [-0.05, 0) is 39.7 Å². The highest BCUT2D eigenvalue weighted by Crippen LogP contribution is 2.18. The van der Waals surface area contributed by atoms with Crippen molar-refractivity contribution < 1.29 is 4.79 Å². The zero-order chi connectivity index (χ0) is 19.1. The van der Waals surface area contributed by atoms with E-state index in [1.54, 1.807) is 23.3 Å². The van der Waals surface area contributed by atoms with Gasteiger partial charge in [-0.15, -0.1) is 35.3 Å². The molecular formula is C18H33IN6OS. The van der Waals surface area contributed by atoms with Gasteiger partial charge in [0.15, 0.2) is 5.96 Å². The van der Waals surface area contributed by atoms with Crippen molar-refractivity contribution in [1.82, 2.24) is 25.4 Å². The van der Waals surface area contributed by atoms with Crippen LogP contribution in [0.15, 0.2) is 4.99 Å². The number of nitrogens with one attached hydrogen (secondary N) is 2. The van der Waals surface area contributed by atoms with Crippen molar-refractivity contribution in [2.24, 2.45) is 4.99 Å². The molecule has 2 rings (SSSR count). The van der Waals surface area contributed by atoms with Crippen molar-refractivity contribution in [2.75, 3.05) is 40.8 Å². The third-order valence-electron chi connectivity index (χ3n) is 4.71. The predicted octanol–water partition coefficient (Wildman–Crippen LogP) is 1.99. The van der Waals surface area contributed by atoms with Crippen molar-refractivity contribution in [3.8, 4) is 0 Å². The Morgan fingerprint density at radius 1 is 1.37 bits per heavy atom. The summed E-state index contributed by atoms with van der Waals surface area (Å²) >= 11 is 1.72. The Morgan fingerprint density at radius 3 is 2.70 bits per heavy atom. The van der Waals surface area contributed by atoms with Gasteiger partial charge in [0.2, 0.25) is 5.91 Å². The highest BCUT2D eigenvalue weighted by Gasteiger charge is 2.30. The van der Waals surface area contributed by atoms with Crippen molar-refractivity contribution >= 4 is 47.2 Å². The number of aliphatic imine (C=N–C) groups is 1. The number of halogens is 1. The number of carbonyl (C=O) groups is 1. The summed E-state index contributed by atoms with van der Waals surface area (Å²) in [5.41, 5.74) is 1.10. The lowest BCUT2D eigenvalue weighted by molar-refractivity contribution is -0.133. The fourth-order valence-corrected chi connectivity index (χ4v) is 4.03. The molecule has 2 heterocycles. The number of nitrogens with zero attached hydrogens (tertiary/aromatic N) is 4. The first kappa shape index (κ1) is 24.1. The summed E-state index contributed by atoms with van der Waals surface area (Å²) in [6.07, 6.45) is 3.06. The largest absolute Gasteiger partial charge is 0.356 e. The first-order valence-corrected chi connectivity index (χ1v) is 10.1. The molecule has 0 radical (unpaired) electrons. The number of guanidine groups is 1. The number of aromatic nitrogens is 1. The zero-order valence-electron chi connectivity index (χ0n) is 17.0. The topological polar surface area (TPSA) is 72.9 Å². The normalized spacial score (nSPS) is 17.5. The van der Waals surface area contributed by atoms with Crippen molar-refractivity contribution in [3.05, 3.63) is 15.6 Å². The van der Waals surface area contributed by atoms with Crippen LogP contribution >= 0.6 is 35.3 Å². The lowest BCUT2D eigenvalue weighted by Gasteiger charge is -2.26. The van der Waals surface area contributed by atoms with Gasteiger partial charge in [-0.25, -0.2) is 4.98 Å². The van der Waals surface area contributed by atoms with Gasteiger partial charge in [0, 0.05) is 39.1 Å². The minimum absolute atomic E-state index is 0. The minimum Gasteiger partial charge on any atom is -0.356 e. The van der Waals surface area contributed by atoms with Crippen LogP contribution in [0.5, 0.6) is 0 Å². The summed E-state index contributed by atoms with van der Waals surface area (Å²) in [4.78, 5) is 26.3. The number of likely N-dealkylation sites (N-methyl/N-ethyl adjacent to an activating group) is 1. The predicted molar refractivity (Wildman–Crippen MR) is 123 cm³/mol. The van der Waals surface area contributed by atoms with Gasteiger partial charge in [-0.1, -0.05) is 0 Å². The SMILES string of the molecule is CN=C(NCCCN1CCCC1C(=O)N(C)C)NCc1nc(C)c(C)s1.I. The van der Waals surface area contributed by atoms with Crippen LogP contribution in [0.2, 0.25) is 0 Å². The molecule has 1 atom stereocenters. The fraction of sp³-hybridized carbons (Fsp3) is 0.722. The number of thiazole rings is 1. The Kier molecular flexibility index (Phi) is 10.5. The summed E-state index contributed by atoms with van der Waals surface area (Å²) in [6, 6.07) is 0.0545. The molecule has 1 saturated heterocycles. The standard InChI is InChI=1S/C18H32N6OS.HI/c1-13-14(2)26-16(22-13)12-21-18(19-3)20-9-7-11-24-10-6-8-15(24)17(25)23(4)5;/h15H,6-12H2,1-5H3,(H2,19,20,21);1H. The van der Waals surface area contributed by atoms with Crippen molar-refractivity contribution in [2.45, 2.75) is 45.7 Å². The third-order valence-corrected chi connectivity index (χ3v) is 5.78. The van der Waals surface area contributed by atoms with Gasteiger partial charge in [0.1, 0.15) is 5.01 Å². The second kappa shape index (κ2) is 11.8. The van der Waals surface area contributed by atoms with Crippen LogP contribution in [0, 0.1) is 13.8 Å². The second-order valence-electron chi connectivity index (χ2n) is 6.88. The number of carbonyl (C=O) groups excluding carboxylic acids is 1. The maximum atomic E-state index is 12.2. The highest BCUT2D eigenvalue weighted by molar-refractivity contribution is 14.0. The Balaban J connectivity index is 0.00000364. The molecule has 1 fully saturated rings. The summed E-state index contributed by atoms with van der Waals surface area (Å²) in [5.74, 6) is 1.01. The lowest BCUT2D eigenvalue weighted by Crippen LogP contribution is -2.44. The molecule has 1 aliphatic heterocycles. The fourth-order valence-electron chi connectivity index (χ4n) is 3.16. The molecule has 1 aliphatic rings. The Hall–Kier alpha value is -0.940. The quantitative estimate of drug-likeness (QED) is 0.255. The molecule has 0 bridgehead atoms. The van der Waals surface area contributed by atoms with E-state index in [0.29, 0.717) is 6.54 Å². The van der Waals surface area contributed by atoms with Crippen LogP contribution in [-0.4, -0.2) is 73.5 Å². The monoisotopic (exact) mass is 508 g/mol. The van der Waals surface area contributed by atoms with E-state index in [1.807, 2.05) is 21.0 Å². The van der Waals surface area contributed by atoms with E-state index in [0.717, 1.165) is 55.6 Å². The highest BCUT2D eigenvalue weighted by atomic mass is 127. The second-order valence-corrected chi connectivity index (χ2v) is 8.17. The molecule has 1 aromatic heterocycles. The zero-order valence-corrected chi connectivity index (χ0v) is 20.2. The Morgan fingerprint density at radius 2 is 2.11 bits per heavy atom. The Labute approximate surface area is 184 Å². The molecule has 0 aliphatic carbocycles. The van der Waals surface area contributed by atoms with E-state index in [2.05, 4.69) is 32.4 Å². The third kappa shape index (κ3) is 7.19. The average molecular weight is 508 g/mol. The van der Waals surface area contributed by atoms with E-state index in [4.69, 9.17) is 0 Å².